The van der Waals surface area contributed by atoms with Crippen LogP contribution in [0.25, 0.3) is 0 Å². The topological polar surface area (TPSA) is 78.4 Å². The Morgan fingerprint density at radius 1 is 0.871 bits per heavy atom. The number of halogens is 2. The van der Waals surface area contributed by atoms with Gasteiger partial charge in [0.15, 0.2) is 0 Å². The minimum Gasteiger partial charge on any atom is -0.340 e. The van der Waals surface area contributed by atoms with E-state index in [1.807, 2.05) is 11.8 Å². The Bertz CT molecular complexity index is 1160. The van der Waals surface area contributed by atoms with Crippen molar-refractivity contribution < 1.29 is 17.2 Å². The Morgan fingerprint density at radius 3 is 2.06 bits per heavy atom. The second-order valence-electron chi connectivity index (χ2n) is 7.17. The summed E-state index contributed by atoms with van der Waals surface area (Å²) in [6.45, 7) is 3.20. The molecule has 0 radical (unpaired) electrons. The second kappa shape index (κ2) is 8.56. The van der Waals surface area contributed by atoms with Gasteiger partial charge in [0.05, 0.1) is 4.90 Å². The van der Waals surface area contributed by atoms with E-state index in [9.17, 15) is 17.2 Å². The summed E-state index contributed by atoms with van der Waals surface area (Å²) in [7, 11) is -3.69. The third kappa shape index (κ3) is 4.80. The van der Waals surface area contributed by atoms with Gasteiger partial charge in [-0.15, -0.1) is 0 Å². The zero-order valence-electron chi connectivity index (χ0n) is 16.8. The highest BCUT2D eigenvalue weighted by Crippen LogP contribution is 2.22. The van der Waals surface area contributed by atoms with Crippen LogP contribution in [0.2, 0.25) is 0 Å². The first kappa shape index (κ1) is 21.1. The molecule has 0 amide bonds. The van der Waals surface area contributed by atoms with Gasteiger partial charge >= 0.3 is 0 Å². The van der Waals surface area contributed by atoms with Gasteiger partial charge in [0, 0.05) is 43.6 Å². The van der Waals surface area contributed by atoms with Crippen LogP contribution in [0, 0.1) is 18.6 Å². The molecule has 162 valence electrons. The molecule has 3 aromatic rings. The van der Waals surface area contributed by atoms with Crippen LogP contribution >= 0.6 is 0 Å². The van der Waals surface area contributed by atoms with Crippen molar-refractivity contribution in [1.29, 1.82) is 0 Å². The van der Waals surface area contributed by atoms with Crippen molar-refractivity contribution in [3.05, 3.63) is 71.9 Å². The maximum absolute atomic E-state index is 13.1. The number of hydrogen-bond donors (Lipinski definition) is 1. The lowest BCUT2D eigenvalue weighted by molar-refractivity contribution is 0.382. The highest BCUT2D eigenvalue weighted by Gasteiger charge is 2.29. The molecule has 7 nitrogen and oxygen atoms in total. The first-order valence-corrected chi connectivity index (χ1v) is 11.1. The van der Waals surface area contributed by atoms with Crippen molar-refractivity contribution in [2.45, 2.75) is 11.8 Å². The van der Waals surface area contributed by atoms with Crippen molar-refractivity contribution >= 4 is 27.5 Å². The molecule has 0 unspecified atom stereocenters. The Hall–Kier alpha value is -3.11. The molecule has 2 heterocycles. The number of hydrogen-bond acceptors (Lipinski definition) is 6. The number of aromatic nitrogens is 2. The molecular weight excluding hydrogens is 424 g/mol. The van der Waals surface area contributed by atoms with Gasteiger partial charge in [0.25, 0.3) is 0 Å². The summed E-state index contributed by atoms with van der Waals surface area (Å²) < 4.78 is 53.2. The number of rotatable bonds is 5. The Kier molecular flexibility index (Phi) is 5.84. The van der Waals surface area contributed by atoms with Crippen LogP contribution in [0.5, 0.6) is 0 Å². The molecule has 0 atom stereocenters. The average Bonchev–Trinajstić information content (AvgIpc) is 2.75. The normalized spacial score (nSPS) is 15.1. The van der Waals surface area contributed by atoms with Crippen molar-refractivity contribution in [1.82, 2.24) is 14.3 Å². The predicted molar refractivity (Wildman–Crippen MR) is 114 cm³/mol. The average molecular weight is 445 g/mol. The number of nitrogens with one attached hydrogen (secondary N) is 1. The summed E-state index contributed by atoms with van der Waals surface area (Å²) in [6.07, 6.45) is 0. The molecular formula is C21H21F2N5O2S. The Balaban J connectivity index is 1.46. The molecule has 1 fully saturated rings. The zero-order chi connectivity index (χ0) is 22.0. The minimum absolute atomic E-state index is 0.0694. The van der Waals surface area contributed by atoms with Gasteiger partial charge in [-0.05, 0) is 55.5 Å². The zero-order valence-corrected chi connectivity index (χ0v) is 17.6. The van der Waals surface area contributed by atoms with E-state index < -0.39 is 15.8 Å². The summed E-state index contributed by atoms with van der Waals surface area (Å²) in [4.78, 5) is 11.0. The maximum Gasteiger partial charge on any atom is 0.243 e. The molecule has 0 saturated carbocycles. The molecule has 1 N–H and O–H groups in total. The van der Waals surface area contributed by atoms with Crippen molar-refractivity contribution in [3.63, 3.8) is 0 Å². The van der Waals surface area contributed by atoms with Crippen molar-refractivity contribution in [3.8, 4) is 0 Å². The molecule has 0 spiro atoms. The summed E-state index contributed by atoms with van der Waals surface area (Å²) >= 11 is 0. The fourth-order valence-electron chi connectivity index (χ4n) is 3.32. The van der Waals surface area contributed by atoms with E-state index in [2.05, 4.69) is 15.3 Å². The van der Waals surface area contributed by atoms with E-state index in [1.54, 1.807) is 18.2 Å². The number of piperazine rings is 1. The van der Waals surface area contributed by atoms with Crippen LogP contribution in [-0.4, -0.2) is 48.9 Å². The van der Waals surface area contributed by atoms with Gasteiger partial charge in [-0.1, -0.05) is 0 Å². The Morgan fingerprint density at radius 2 is 1.45 bits per heavy atom. The van der Waals surface area contributed by atoms with E-state index in [1.165, 1.54) is 28.6 Å². The lowest BCUT2D eigenvalue weighted by Crippen LogP contribution is -2.49. The van der Waals surface area contributed by atoms with E-state index in [4.69, 9.17) is 0 Å². The number of aryl methyl sites for hydroxylation is 1. The largest absolute Gasteiger partial charge is 0.340 e. The molecule has 1 aliphatic heterocycles. The summed E-state index contributed by atoms with van der Waals surface area (Å²) in [6, 6.07) is 12.6. The third-order valence-corrected chi connectivity index (χ3v) is 6.84. The van der Waals surface area contributed by atoms with E-state index in [-0.39, 0.29) is 23.8 Å². The third-order valence-electron chi connectivity index (χ3n) is 4.93. The van der Waals surface area contributed by atoms with E-state index in [0.29, 0.717) is 30.5 Å². The lowest BCUT2D eigenvalue weighted by atomic mass is 10.3. The lowest BCUT2D eigenvalue weighted by Gasteiger charge is -2.34. The quantitative estimate of drug-likeness (QED) is 0.649. The highest BCUT2D eigenvalue weighted by atomic mass is 32.2. The smallest absolute Gasteiger partial charge is 0.243 e. The molecule has 0 bridgehead atoms. The minimum atomic E-state index is -3.69. The Labute approximate surface area is 179 Å². The van der Waals surface area contributed by atoms with Gasteiger partial charge in [-0.3, -0.25) is 0 Å². The number of benzene rings is 2. The second-order valence-corrected chi connectivity index (χ2v) is 9.11. The number of sulfonamides is 1. The molecule has 2 aromatic carbocycles. The fourth-order valence-corrected chi connectivity index (χ4v) is 4.75. The SMILES string of the molecule is Cc1cc(Nc2ccc(F)cc2)nc(N2CCN(S(=O)(=O)c3ccc(F)cc3)CC2)n1. The van der Waals surface area contributed by atoms with Crippen LogP contribution in [0.1, 0.15) is 5.69 Å². The van der Waals surface area contributed by atoms with E-state index >= 15 is 0 Å². The van der Waals surface area contributed by atoms with Gasteiger partial charge in [0.2, 0.25) is 16.0 Å². The van der Waals surface area contributed by atoms with Gasteiger partial charge in [0.1, 0.15) is 17.5 Å². The van der Waals surface area contributed by atoms with Crippen LogP contribution < -0.4 is 10.2 Å². The molecule has 4 rings (SSSR count). The first-order chi connectivity index (χ1) is 14.8. The standard InChI is InChI=1S/C21H21F2N5O2S/c1-15-14-20(25-18-6-2-16(22)3-7-18)26-21(24-15)27-10-12-28(13-11-27)31(29,30)19-8-4-17(23)5-9-19/h2-9,14H,10-13H2,1H3,(H,24,25,26). The van der Waals surface area contributed by atoms with Crippen molar-refractivity contribution in [2.24, 2.45) is 0 Å². The molecule has 31 heavy (non-hydrogen) atoms. The van der Waals surface area contributed by atoms with Crippen LogP contribution in [0.4, 0.5) is 26.2 Å². The maximum atomic E-state index is 13.1. The molecule has 10 heteroatoms. The van der Waals surface area contributed by atoms with Gasteiger partial charge < -0.3 is 10.2 Å². The first-order valence-electron chi connectivity index (χ1n) is 9.70. The molecule has 0 aliphatic carbocycles. The van der Waals surface area contributed by atoms with E-state index in [0.717, 1.165) is 17.8 Å². The van der Waals surface area contributed by atoms with Gasteiger partial charge in [-0.25, -0.2) is 22.2 Å². The van der Waals surface area contributed by atoms with Crippen molar-refractivity contribution in [2.75, 3.05) is 36.4 Å². The number of nitrogens with zero attached hydrogens (tertiary/aromatic N) is 4. The monoisotopic (exact) mass is 445 g/mol. The molecule has 1 aromatic heterocycles. The predicted octanol–water partition coefficient (Wildman–Crippen LogP) is 3.32. The molecule has 1 aliphatic rings. The number of anilines is 3. The van der Waals surface area contributed by atoms with Gasteiger partial charge in [-0.2, -0.15) is 9.29 Å². The molecule has 1 saturated heterocycles. The van der Waals surface area contributed by atoms with Crippen LogP contribution in [-0.2, 0) is 10.0 Å². The van der Waals surface area contributed by atoms with Crippen LogP contribution in [0.15, 0.2) is 59.5 Å². The fraction of sp³-hybridized carbons (Fsp3) is 0.238. The van der Waals surface area contributed by atoms with Crippen LogP contribution in [0.3, 0.4) is 0 Å². The summed E-state index contributed by atoms with van der Waals surface area (Å²) in [5.41, 5.74) is 1.44. The summed E-state index contributed by atoms with van der Waals surface area (Å²) in [5.74, 6) is 0.253. The highest BCUT2D eigenvalue weighted by molar-refractivity contribution is 7.89. The summed E-state index contributed by atoms with van der Waals surface area (Å²) in [5, 5.41) is 3.13.